The van der Waals surface area contributed by atoms with Gasteiger partial charge in [-0.25, -0.2) is 32.3 Å². The largest absolute Gasteiger partial charge is 0.480 e. The number of rotatable bonds is 3. The maximum absolute atomic E-state index is 13.7. The van der Waals surface area contributed by atoms with Gasteiger partial charge in [-0.15, -0.1) is 0 Å². The van der Waals surface area contributed by atoms with Crippen LogP contribution in [0.1, 0.15) is 54.4 Å². The third-order valence-electron chi connectivity index (χ3n) is 5.74. The van der Waals surface area contributed by atoms with E-state index in [-0.39, 0.29) is 25.9 Å². The number of carbonyl (C=O) groups is 4. The number of hydrogen-bond acceptors (Lipinski definition) is 9. The Morgan fingerprint density at radius 1 is 0.674 bits per heavy atom. The van der Waals surface area contributed by atoms with Crippen LogP contribution in [0.15, 0.2) is 0 Å². The lowest BCUT2D eigenvalue weighted by atomic mass is 10.2. The number of halogens is 5. The zero-order valence-electron chi connectivity index (χ0n) is 24.1. The van der Waals surface area contributed by atoms with E-state index in [4.69, 9.17) is 14.6 Å². The molecule has 0 bridgehead atoms. The van der Waals surface area contributed by atoms with Crippen LogP contribution in [0.25, 0.3) is 0 Å². The number of nitrogens with zero attached hydrogens (tertiary/aromatic N) is 2. The van der Waals surface area contributed by atoms with Gasteiger partial charge in [0, 0.05) is 12.8 Å². The highest BCUT2D eigenvalue weighted by atomic mass is 19.2. The van der Waals surface area contributed by atoms with E-state index in [9.17, 15) is 51.3 Å². The van der Waals surface area contributed by atoms with Crippen LogP contribution in [-0.4, -0.2) is 97.8 Å². The number of β-amino-alcohol motifs (C(OH)–C–C–N with tert-alkyl or cyclic N) is 2. The standard InChI is InChI=1S/C16H16F5NO5.C10H17NO5/c1-16(2,3)27-15(25)22-5-6(23)4-7(22)14(24)26-13-11(20)9(18)8(17)10(19)12(13)21;1-10(2,3)16-9(15)11-5-6(12)4-7(11)8(13)14/h6-7,23H,4-5H2,1-3H3;6-7,12H,4-5H2,1-3H3,(H,13,14)/t2*6-,7+/m11/s1. The Bertz CT molecular complexity index is 1220. The molecule has 0 aliphatic carbocycles. The van der Waals surface area contributed by atoms with Gasteiger partial charge < -0.3 is 29.5 Å². The van der Waals surface area contributed by atoms with Crippen molar-refractivity contribution in [3.8, 4) is 5.75 Å². The predicted molar refractivity (Wildman–Crippen MR) is 134 cm³/mol. The van der Waals surface area contributed by atoms with Crippen molar-refractivity contribution in [2.24, 2.45) is 0 Å². The van der Waals surface area contributed by atoms with E-state index in [1.54, 1.807) is 41.5 Å². The molecule has 0 radical (unpaired) electrons. The summed E-state index contributed by atoms with van der Waals surface area (Å²) in [6, 6.07) is -2.53. The summed E-state index contributed by atoms with van der Waals surface area (Å²) in [5.41, 5.74) is -1.62. The number of carbonyl (C=O) groups excluding carboxylic acids is 3. The van der Waals surface area contributed by atoms with Crippen LogP contribution in [-0.2, 0) is 19.1 Å². The van der Waals surface area contributed by atoms with E-state index in [1.165, 1.54) is 0 Å². The molecule has 3 rings (SSSR count). The number of hydrogen-bond donors (Lipinski definition) is 3. The summed E-state index contributed by atoms with van der Waals surface area (Å²) in [4.78, 5) is 48.7. The summed E-state index contributed by atoms with van der Waals surface area (Å²) < 4.78 is 81.2. The minimum Gasteiger partial charge on any atom is -0.480 e. The van der Waals surface area contributed by atoms with Crippen molar-refractivity contribution < 1.29 is 70.7 Å². The lowest BCUT2D eigenvalue weighted by molar-refractivity contribution is -0.142. The number of carboxylic acid groups (broad SMARTS) is 1. The summed E-state index contributed by atoms with van der Waals surface area (Å²) in [5, 5.41) is 27.9. The Balaban J connectivity index is 0.000000344. The molecule has 3 N–H and O–H groups in total. The molecule has 0 saturated carbocycles. The molecule has 43 heavy (non-hydrogen) atoms. The first kappa shape index (κ1) is 35.5. The van der Waals surface area contributed by atoms with Crippen LogP contribution >= 0.6 is 0 Å². The molecule has 0 aromatic heterocycles. The molecule has 12 nitrogen and oxygen atoms in total. The summed E-state index contributed by atoms with van der Waals surface area (Å²) in [7, 11) is 0. The van der Waals surface area contributed by atoms with Gasteiger partial charge in [-0.2, -0.15) is 8.78 Å². The average Bonchev–Trinajstić information content (AvgIpc) is 3.45. The first-order chi connectivity index (χ1) is 19.5. The first-order valence-electron chi connectivity index (χ1n) is 12.8. The lowest BCUT2D eigenvalue weighted by Gasteiger charge is -2.27. The Hall–Kier alpha value is -3.73. The number of aliphatic hydroxyl groups is 2. The fourth-order valence-corrected chi connectivity index (χ4v) is 3.97. The van der Waals surface area contributed by atoms with Crippen molar-refractivity contribution in [1.82, 2.24) is 9.80 Å². The van der Waals surface area contributed by atoms with Crippen molar-refractivity contribution in [2.45, 2.75) is 89.9 Å². The highest BCUT2D eigenvalue weighted by molar-refractivity contribution is 5.84. The van der Waals surface area contributed by atoms with Gasteiger partial charge in [0.1, 0.15) is 23.3 Å². The average molecular weight is 629 g/mol. The summed E-state index contributed by atoms with van der Waals surface area (Å²) in [5.74, 6) is -16.0. The molecule has 242 valence electrons. The van der Waals surface area contributed by atoms with Crippen LogP contribution in [0.3, 0.4) is 0 Å². The highest BCUT2D eigenvalue weighted by Gasteiger charge is 2.43. The quantitative estimate of drug-likeness (QED) is 0.149. The molecular formula is C26H33F5N2O10. The molecule has 2 aliphatic rings. The molecule has 2 aliphatic heterocycles. The van der Waals surface area contributed by atoms with E-state index in [0.717, 1.165) is 9.80 Å². The summed E-state index contributed by atoms with van der Waals surface area (Å²) in [6.45, 7) is 9.39. The Morgan fingerprint density at radius 2 is 1.02 bits per heavy atom. The fraction of sp³-hybridized carbons (Fsp3) is 0.615. The molecule has 0 unspecified atom stereocenters. The van der Waals surface area contributed by atoms with Crippen molar-refractivity contribution >= 4 is 24.1 Å². The SMILES string of the molecule is CC(C)(C)OC(=O)N1C[C@H](O)C[C@H]1C(=O)O.CC(C)(C)OC(=O)N1C[C@H](O)C[C@H]1C(=O)Oc1c(F)c(F)c(F)c(F)c1F. The van der Waals surface area contributed by atoms with Gasteiger partial charge in [-0.3, -0.25) is 9.80 Å². The Kier molecular flexibility index (Phi) is 11.0. The number of carboxylic acids is 1. The zero-order valence-corrected chi connectivity index (χ0v) is 24.1. The third kappa shape index (κ3) is 9.13. The van der Waals surface area contributed by atoms with Crippen LogP contribution < -0.4 is 4.74 Å². The van der Waals surface area contributed by atoms with Gasteiger partial charge in [0.2, 0.25) is 34.8 Å². The van der Waals surface area contributed by atoms with Gasteiger partial charge in [0.25, 0.3) is 0 Å². The molecule has 1 aromatic rings. The molecule has 2 amide bonds. The second-order valence-corrected chi connectivity index (χ2v) is 11.7. The van der Waals surface area contributed by atoms with E-state index >= 15 is 0 Å². The molecule has 4 atom stereocenters. The minimum absolute atomic E-state index is 0.00583. The summed E-state index contributed by atoms with van der Waals surface area (Å²) in [6.07, 6.45) is -4.00. The number of amides is 2. The Labute approximate surface area is 242 Å². The minimum atomic E-state index is -2.41. The monoisotopic (exact) mass is 628 g/mol. The maximum atomic E-state index is 13.7. The van der Waals surface area contributed by atoms with E-state index < -0.39 is 94.5 Å². The topological polar surface area (TPSA) is 163 Å². The van der Waals surface area contributed by atoms with E-state index in [0.29, 0.717) is 0 Å². The fourth-order valence-electron chi connectivity index (χ4n) is 3.97. The molecule has 1 aromatic carbocycles. The van der Waals surface area contributed by atoms with Gasteiger partial charge in [-0.1, -0.05) is 0 Å². The van der Waals surface area contributed by atoms with E-state index in [2.05, 4.69) is 4.74 Å². The van der Waals surface area contributed by atoms with Crippen molar-refractivity contribution in [2.75, 3.05) is 13.1 Å². The van der Waals surface area contributed by atoms with Gasteiger partial charge in [0.05, 0.1) is 25.3 Å². The summed E-state index contributed by atoms with van der Waals surface area (Å²) >= 11 is 0. The van der Waals surface area contributed by atoms with E-state index in [1.807, 2.05) is 0 Å². The smallest absolute Gasteiger partial charge is 0.411 e. The van der Waals surface area contributed by atoms with Crippen molar-refractivity contribution in [3.05, 3.63) is 29.1 Å². The molecule has 2 fully saturated rings. The number of ether oxygens (including phenoxy) is 3. The number of esters is 1. The second kappa shape index (κ2) is 13.3. The van der Waals surface area contributed by atoms with Crippen LogP contribution in [0.4, 0.5) is 31.5 Å². The van der Waals surface area contributed by atoms with Crippen LogP contribution in [0, 0.1) is 29.1 Å². The Morgan fingerprint density at radius 3 is 1.40 bits per heavy atom. The van der Waals surface area contributed by atoms with Gasteiger partial charge in [0.15, 0.2) is 0 Å². The number of benzene rings is 1. The van der Waals surface area contributed by atoms with Crippen LogP contribution in [0.2, 0.25) is 0 Å². The van der Waals surface area contributed by atoms with Crippen molar-refractivity contribution in [1.29, 1.82) is 0 Å². The lowest BCUT2D eigenvalue weighted by Crippen LogP contribution is -2.45. The van der Waals surface area contributed by atoms with Crippen molar-refractivity contribution in [3.63, 3.8) is 0 Å². The third-order valence-corrected chi connectivity index (χ3v) is 5.74. The highest BCUT2D eigenvalue weighted by Crippen LogP contribution is 2.31. The maximum Gasteiger partial charge on any atom is 0.411 e. The zero-order chi connectivity index (χ0) is 33.2. The predicted octanol–water partition coefficient (Wildman–Crippen LogP) is 3.10. The molecule has 17 heteroatoms. The first-order valence-corrected chi connectivity index (χ1v) is 12.8. The molecule has 0 spiro atoms. The number of aliphatic hydroxyl groups excluding tert-OH is 2. The normalized spacial score (nSPS) is 22.1. The molecule has 2 saturated heterocycles. The van der Waals surface area contributed by atoms with Gasteiger partial charge in [-0.05, 0) is 41.5 Å². The van der Waals surface area contributed by atoms with Crippen LogP contribution in [0.5, 0.6) is 5.75 Å². The molecule has 2 heterocycles. The number of aliphatic carboxylic acids is 1. The molecular weight excluding hydrogens is 595 g/mol. The van der Waals surface area contributed by atoms with Gasteiger partial charge >= 0.3 is 24.1 Å². The number of likely N-dealkylation sites (tertiary alicyclic amines) is 2. The second-order valence-electron chi connectivity index (χ2n) is 11.7.